The van der Waals surface area contributed by atoms with E-state index in [1.165, 1.54) is 28.7 Å². The highest BCUT2D eigenvalue weighted by Gasteiger charge is 2.25. The number of anilines is 2. The summed E-state index contributed by atoms with van der Waals surface area (Å²) < 4.78 is 11.2. The fourth-order valence-electron chi connectivity index (χ4n) is 4.75. The average Bonchev–Trinajstić information content (AvgIpc) is 3.25. The molecule has 0 radical (unpaired) electrons. The van der Waals surface area contributed by atoms with Gasteiger partial charge in [-0.05, 0) is 93.5 Å². The molecule has 1 unspecified atom stereocenters. The van der Waals surface area contributed by atoms with Crippen LogP contribution in [0.5, 0.6) is 11.5 Å². The van der Waals surface area contributed by atoms with Crippen LogP contribution in [0.1, 0.15) is 34.5 Å². The molecule has 1 aliphatic carbocycles. The number of rotatable bonds is 10. The van der Waals surface area contributed by atoms with E-state index in [1.807, 2.05) is 42.5 Å². The highest BCUT2D eigenvalue weighted by atomic mass is 32.1. The van der Waals surface area contributed by atoms with Gasteiger partial charge >= 0.3 is 0 Å². The van der Waals surface area contributed by atoms with Gasteiger partial charge < -0.3 is 20.1 Å². The largest absolute Gasteiger partial charge is 0.455 e. The van der Waals surface area contributed by atoms with Crippen molar-refractivity contribution in [1.29, 1.82) is 0 Å². The van der Waals surface area contributed by atoms with Crippen molar-refractivity contribution in [2.24, 2.45) is 5.92 Å². The third kappa shape index (κ3) is 5.67. The average molecular weight is 504 g/mol. The number of ether oxygens (including phenoxy) is 2. The molecule has 0 fully saturated rings. The van der Waals surface area contributed by atoms with Crippen LogP contribution in [0.15, 0.2) is 42.9 Å². The van der Waals surface area contributed by atoms with Gasteiger partial charge in [-0.1, -0.05) is 0 Å². The van der Waals surface area contributed by atoms with E-state index < -0.39 is 0 Å². The predicted octanol–water partition coefficient (Wildman–Crippen LogP) is 5.97. The van der Waals surface area contributed by atoms with Crippen molar-refractivity contribution >= 4 is 33.1 Å². The highest BCUT2D eigenvalue weighted by Crippen LogP contribution is 2.41. The van der Waals surface area contributed by atoms with Crippen LogP contribution in [0.4, 0.5) is 11.5 Å². The fourth-order valence-corrected chi connectivity index (χ4v) is 6.05. The lowest BCUT2D eigenvalue weighted by molar-refractivity contribution is 0.198. The van der Waals surface area contributed by atoms with Crippen LogP contribution < -0.4 is 15.4 Å². The molecule has 1 aliphatic rings. The molecular weight excluding hydrogens is 470 g/mol. The van der Waals surface area contributed by atoms with Crippen LogP contribution >= 0.6 is 11.3 Å². The zero-order chi connectivity index (χ0) is 24.9. The van der Waals surface area contributed by atoms with Crippen LogP contribution in [-0.2, 0) is 17.6 Å². The summed E-state index contributed by atoms with van der Waals surface area (Å²) in [6.45, 7) is 6.73. The molecule has 3 aromatic heterocycles. The molecule has 0 amide bonds. The van der Waals surface area contributed by atoms with Crippen molar-refractivity contribution in [3.63, 3.8) is 0 Å². The van der Waals surface area contributed by atoms with E-state index in [0.717, 1.165) is 71.6 Å². The first-order valence-electron chi connectivity index (χ1n) is 12.5. The first-order valence-corrected chi connectivity index (χ1v) is 13.4. The molecule has 36 heavy (non-hydrogen) atoms. The summed E-state index contributed by atoms with van der Waals surface area (Å²) in [5.41, 5.74) is 4.42. The number of hydrogen-bond donors (Lipinski definition) is 2. The number of nitrogens with one attached hydrogen (secondary N) is 2. The Balaban J connectivity index is 1.29. The van der Waals surface area contributed by atoms with E-state index in [-0.39, 0.29) is 0 Å². The second kappa shape index (κ2) is 11.3. The van der Waals surface area contributed by atoms with Gasteiger partial charge in [-0.2, -0.15) is 0 Å². The van der Waals surface area contributed by atoms with Crippen molar-refractivity contribution in [3.05, 3.63) is 64.6 Å². The number of hydrogen-bond acceptors (Lipinski definition) is 8. The summed E-state index contributed by atoms with van der Waals surface area (Å²) in [4.78, 5) is 16.1. The number of benzene rings is 1. The number of pyridine rings is 1. The van der Waals surface area contributed by atoms with Crippen LogP contribution in [0.25, 0.3) is 10.2 Å². The molecule has 0 bridgehead atoms. The Hall–Kier alpha value is -3.07. The lowest BCUT2D eigenvalue weighted by atomic mass is 9.86. The smallest absolute Gasteiger partial charge is 0.145 e. The third-order valence-corrected chi connectivity index (χ3v) is 7.87. The SMILES string of the molecule is COCCNCCC1CCc2c(sc3ncnc(Nc4ccc(Oc5ccc(C)nc5)c(C)c4)c23)C1. The molecule has 7 nitrogen and oxygen atoms in total. The molecule has 2 N–H and O–H groups in total. The lowest BCUT2D eigenvalue weighted by Crippen LogP contribution is -2.24. The van der Waals surface area contributed by atoms with Gasteiger partial charge in [-0.3, -0.25) is 4.98 Å². The molecule has 0 aliphatic heterocycles. The number of methoxy groups -OCH3 is 1. The molecule has 188 valence electrons. The monoisotopic (exact) mass is 503 g/mol. The minimum absolute atomic E-state index is 0.712. The van der Waals surface area contributed by atoms with Crippen molar-refractivity contribution in [1.82, 2.24) is 20.3 Å². The maximum Gasteiger partial charge on any atom is 0.145 e. The molecule has 0 saturated heterocycles. The van der Waals surface area contributed by atoms with Crippen molar-refractivity contribution in [2.45, 2.75) is 39.5 Å². The Kier molecular flexibility index (Phi) is 7.75. The molecule has 4 aromatic rings. The molecular formula is C28H33N5O2S. The second-order valence-electron chi connectivity index (χ2n) is 9.39. The Morgan fingerprint density at radius 3 is 2.81 bits per heavy atom. The first-order chi connectivity index (χ1) is 17.6. The second-order valence-corrected chi connectivity index (χ2v) is 10.5. The number of nitrogens with zero attached hydrogens (tertiary/aromatic N) is 3. The van der Waals surface area contributed by atoms with Gasteiger partial charge in [-0.15, -0.1) is 11.3 Å². The zero-order valence-corrected chi connectivity index (χ0v) is 22.0. The minimum atomic E-state index is 0.712. The standard InChI is InChI=1S/C28H33N5O2S/c1-18-14-21(6-9-24(18)35-22-7-4-19(2)30-16-22)33-27-26-23-8-5-20(10-11-29-12-13-34-3)15-25(23)36-28(26)32-17-31-27/h4,6-7,9,14,16-17,20,29H,5,8,10-13,15H2,1-3H3,(H,31,32,33). The summed E-state index contributed by atoms with van der Waals surface area (Å²) >= 11 is 1.83. The summed E-state index contributed by atoms with van der Waals surface area (Å²) in [5.74, 6) is 3.14. The molecule has 1 aromatic carbocycles. The van der Waals surface area contributed by atoms with E-state index in [1.54, 1.807) is 19.6 Å². The van der Waals surface area contributed by atoms with Gasteiger partial charge in [0.15, 0.2) is 0 Å². The van der Waals surface area contributed by atoms with E-state index in [4.69, 9.17) is 9.47 Å². The van der Waals surface area contributed by atoms with Crippen molar-refractivity contribution in [2.75, 3.05) is 32.1 Å². The summed E-state index contributed by atoms with van der Waals surface area (Å²) in [5, 5.41) is 8.21. The predicted molar refractivity (Wildman–Crippen MR) is 146 cm³/mol. The number of thiophene rings is 1. The van der Waals surface area contributed by atoms with Crippen LogP contribution in [0, 0.1) is 19.8 Å². The maximum atomic E-state index is 6.03. The topological polar surface area (TPSA) is 81.2 Å². The van der Waals surface area contributed by atoms with Gasteiger partial charge in [0.2, 0.25) is 0 Å². The number of aromatic nitrogens is 3. The Morgan fingerprint density at radius 1 is 1.08 bits per heavy atom. The van der Waals surface area contributed by atoms with Crippen LogP contribution in [-0.4, -0.2) is 41.8 Å². The van der Waals surface area contributed by atoms with Crippen molar-refractivity contribution < 1.29 is 9.47 Å². The van der Waals surface area contributed by atoms with Gasteiger partial charge in [-0.25, -0.2) is 9.97 Å². The highest BCUT2D eigenvalue weighted by molar-refractivity contribution is 7.19. The summed E-state index contributed by atoms with van der Waals surface area (Å²) in [6.07, 6.45) is 8.02. The number of fused-ring (bicyclic) bond motifs is 3. The molecule has 8 heteroatoms. The Morgan fingerprint density at radius 2 is 2.00 bits per heavy atom. The van der Waals surface area contributed by atoms with Crippen LogP contribution in [0.2, 0.25) is 0 Å². The number of aryl methyl sites for hydroxylation is 3. The first kappa shape index (κ1) is 24.6. The normalized spacial score (nSPS) is 15.1. The summed E-state index contributed by atoms with van der Waals surface area (Å²) in [7, 11) is 1.74. The molecule has 5 rings (SSSR count). The Labute approximate surface area is 216 Å². The lowest BCUT2D eigenvalue weighted by Gasteiger charge is -2.22. The quantitative estimate of drug-likeness (QED) is 0.258. The Bertz CT molecular complexity index is 1320. The van der Waals surface area contributed by atoms with E-state index in [0.29, 0.717) is 5.92 Å². The minimum Gasteiger partial charge on any atom is -0.455 e. The van der Waals surface area contributed by atoms with E-state index in [9.17, 15) is 0 Å². The van der Waals surface area contributed by atoms with E-state index >= 15 is 0 Å². The zero-order valence-electron chi connectivity index (χ0n) is 21.1. The third-order valence-electron chi connectivity index (χ3n) is 6.71. The fraction of sp³-hybridized carbons (Fsp3) is 0.393. The maximum absolute atomic E-state index is 6.03. The van der Waals surface area contributed by atoms with E-state index in [2.05, 4.69) is 38.6 Å². The van der Waals surface area contributed by atoms with Crippen molar-refractivity contribution in [3.8, 4) is 11.5 Å². The molecule has 1 atom stereocenters. The summed E-state index contributed by atoms with van der Waals surface area (Å²) in [6, 6.07) is 10.0. The van der Waals surface area contributed by atoms with Gasteiger partial charge in [0.05, 0.1) is 18.2 Å². The van der Waals surface area contributed by atoms with Crippen LogP contribution in [0.3, 0.4) is 0 Å². The molecule has 0 saturated carbocycles. The molecule has 3 heterocycles. The van der Waals surface area contributed by atoms with Gasteiger partial charge in [0, 0.05) is 29.9 Å². The molecule has 0 spiro atoms. The van der Waals surface area contributed by atoms with Gasteiger partial charge in [0.25, 0.3) is 0 Å². The van der Waals surface area contributed by atoms with Gasteiger partial charge in [0.1, 0.15) is 28.5 Å².